The predicted octanol–water partition coefficient (Wildman–Crippen LogP) is 10.2. The SMILES string of the molecule is CCOc1ccc(/C=C(/NC(=O)c2ccccc2)C(=O)Nc2cccc(SC(C(=O)Nc3nc(-c4ccc5ccccc5c4)cs3)c3ccccc3)c2)cc1. The maximum absolute atomic E-state index is 14.0. The lowest BCUT2D eigenvalue weighted by atomic mass is 10.1. The summed E-state index contributed by atoms with van der Waals surface area (Å²) in [5.74, 6) is -0.454. The molecule has 8 nitrogen and oxygen atoms in total. The van der Waals surface area contributed by atoms with Gasteiger partial charge < -0.3 is 20.7 Å². The molecule has 0 spiro atoms. The molecule has 0 saturated heterocycles. The smallest absolute Gasteiger partial charge is 0.272 e. The van der Waals surface area contributed by atoms with Crippen LogP contribution in [-0.2, 0) is 9.59 Å². The van der Waals surface area contributed by atoms with Crippen LogP contribution in [0, 0.1) is 0 Å². The topological polar surface area (TPSA) is 109 Å². The molecule has 3 amide bonds. The van der Waals surface area contributed by atoms with E-state index in [2.05, 4.69) is 40.2 Å². The summed E-state index contributed by atoms with van der Waals surface area (Å²) in [6.45, 7) is 2.44. The third-order valence-corrected chi connectivity index (χ3v) is 10.5. The van der Waals surface area contributed by atoms with Gasteiger partial charge in [-0.2, -0.15) is 0 Å². The van der Waals surface area contributed by atoms with E-state index in [0.717, 1.165) is 32.5 Å². The summed E-state index contributed by atoms with van der Waals surface area (Å²) < 4.78 is 5.56. The van der Waals surface area contributed by atoms with Crippen molar-refractivity contribution in [3.8, 4) is 17.0 Å². The predicted molar refractivity (Wildman–Crippen MR) is 223 cm³/mol. The molecule has 0 aliphatic rings. The maximum Gasteiger partial charge on any atom is 0.272 e. The van der Waals surface area contributed by atoms with Crippen molar-refractivity contribution < 1.29 is 19.1 Å². The fourth-order valence-electron chi connectivity index (χ4n) is 5.80. The zero-order valence-corrected chi connectivity index (χ0v) is 31.4. The number of thioether (sulfide) groups is 1. The third kappa shape index (κ3) is 9.55. The van der Waals surface area contributed by atoms with E-state index in [0.29, 0.717) is 34.3 Å². The van der Waals surface area contributed by atoms with Crippen molar-refractivity contribution >= 4 is 68.5 Å². The van der Waals surface area contributed by atoms with E-state index >= 15 is 0 Å². The highest BCUT2D eigenvalue weighted by atomic mass is 32.2. The largest absolute Gasteiger partial charge is 0.494 e. The van der Waals surface area contributed by atoms with Crippen molar-refractivity contribution in [3.05, 3.63) is 179 Å². The number of hydrogen-bond donors (Lipinski definition) is 3. The Morgan fingerprint density at radius 2 is 1.49 bits per heavy atom. The Balaban J connectivity index is 1.09. The molecule has 3 N–H and O–H groups in total. The Morgan fingerprint density at radius 3 is 2.25 bits per heavy atom. The van der Waals surface area contributed by atoms with Gasteiger partial charge in [-0.25, -0.2) is 4.98 Å². The highest BCUT2D eigenvalue weighted by Crippen LogP contribution is 2.38. The lowest BCUT2D eigenvalue weighted by Gasteiger charge is -2.17. The summed E-state index contributed by atoms with van der Waals surface area (Å²) in [5.41, 5.74) is 4.24. The lowest BCUT2D eigenvalue weighted by Crippen LogP contribution is -2.30. The number of amides is 3. The van der Waals surface area contributed by atoms with E-state index in [4.69, 9.17) is 9.72 Å². The first kappa shape index (κ1) is 36.9. The van der Waals surface area contributed by atoms with E-state index in [9.17, 15) is 14.4 Å². The highest BCUT2D eigenvalue weighted by Gasteiger charge is 2.24. The Morgan fingerprint density at radius 1 is 0.764 bits per heavy atom. The monoisotopic (exact) mass is 760 g/mol. The zero-order valence-electron chi connectivity index (χ0n) is 29.8. The normalized spacial score (nSPS) is 11.8. The summed E-state index contributed by atoms with van der Waals surface area (Å²) in [7, 11) is 0. The number of nitrogens with zero attached hydrogens (tertiary/aromatic N) is 1. The Labute approximate surface area is 327 Å². The number of nitrogens with one attached hydrogen (secondary N) is 3. The molecule has 0 saturated carbocycles. The summed E-state index contributed by atoms with van der Waals surface area (Å²) in [6.07, 6.45) is 1.62. The van der Waals surface area contributed by atoms with Gasteiger partial charge in [0.15, 0.2) is 5.13 Å². The molecule has 55 heavy (non-hydrogen) atoms. The molecule has 1 atom stereocenters. The molecule has 0 aliphatic heterocycles. The summed E-state index contributed by atoms with van der Waals surface area (Å²) in [5, 5.41) is 12.8. The second-order valence-electron chi connectivity index (χ2n) is 12.4. The Hall–Kier alpha value is -6.49. The number of fused-ring (bicyclic) bond motifs is 1. The molecule has 272 valence electrons. The fraction of sp³-hybridized carbons (Fsp3) is 0.0667. The van der Waals surface area contributed by atoms with Gasteiger partial charge in [-0.1, -0.05) is 103 Å². The van der Waals surface area contributed by atoms with Gasteiger partial charge in [0, 0.05) is 27.1 Å². The minimum atomic E-state index is -0.625. The van der Waals surface area contributed by atoms with Crippen LogP contribution >= 0.6 is 23.1 Å². The molecule has 1 unspecified atom stereocenters. The van der Waals surface area contributed by atoms with Crippen molar-refractivity contribution in [1.82, 2.24) is 10.3 Å². The van der Waals surface area contributed by atoms with Crippen LogP contribution in [0.25, 0.3) is 28.1 Å². The number of rotatable bonds is 13. The van der Waals surface area contributed by atoms with Crippen molar-refractivity contribution in [1.29, 1.82) is 0 Å². The third-order valence-electron chi connectivity index (χ3n) is 8.50. The Kier molecular flexibility index (Phi) is 11.8. The van der Waals surface area contributed by atoms with Crippen molar-refractivity contribution in [3.63, 3.8) is 0 Å². The van der Waals surface area contributed by atoms with Crippen LogP contribution in [0.1, 0.15) is 33.7 Å². The van der Waals surface area contributed by atoms with Gasteiger partial charge in [0.1, 0.15) is 16.7 Å². The zero-order chi connectivity index (χ0) is 38.0. The molecule has 0 radical (unpaired) electrons. The molecule has 6 aromatic carbocycles. The summed E-state index contributed by atoms with van der Waals surface area (Å²) in [4.78, 5) is 46.4. The average Bonchev–Trinajstić information content (AvgIpc) is 3.69. The van der Waals surface area contributed by atoms with E-state index in [1.54, 1.807) is 42.5 Å². The molecular formula is C45H36N4O4S2. The van der Waals surface area contributed by atoms with Crippen LogP contribution in [0.15, 0.2) is 168 Å². The van der Waals surface area contributed by atoms with Gasteiger partial charge in [-0.3, -0.25) is 14.4 Å². The first-order valence-corrected chi connectivity index (χ1v) is 19.4. The van der Waals surface area contributed by atoms with E-state index in [1.807, 2.05) is 103 Å². The molecule has 7 aromatic rings. The second-order valence-corrected chi connectivity index (χ2v) is 14.4. The van der Waals surface area contributed by atoms with Gasteiger partial charge in [-0.05, 0) is 83.4 Å². The Bertz CT molecular complexity index is 2470. The second kappa shape index (κ2) is 17.6. The molecule has 0 fully saturated rings. The molecule has 1 heterocycles. The summed E-state index contributed by atoms with van der Waals surface area (Å²) >= 11 is 2.73. The minimum Gasteiger partial charge on any atom is -0.494 e. The van der Waals surface area contributed by atoms with Gasteiger partial charge in [0.2, 0.25) is 5.91 Å². The van der Waals surface area contributed by atoms with Crippen LogP contribution in [0.2, 0.25) is 0 Å². The van der Waals surface area contributed by atoms with E-state index in [1.165, 1.54) is 23.1 Å². The number of thiazole rings is 1. The number of benzene rings is 6. The summed E-state index contributed by atoms with van der Waals surface area (Å²) in [6, 6.07) is 47.1. The van der Waals surface area contributed by atoms with Crippen LogP contribution in [0.3, 0.4) is 0 Å². The number of anilines is 2. The number of ether oxygens (including phenoxy) is 1. The van der Waals surface area contributed by atoms with Crippen molar-refractivity contribution in [2.45, 2.75) is 17.1 Å². The van der Waals surface area contributed by atoms with Crippen LogP contribution in [0.4, 0.5) is 10.8 Å². The maximum atomic E-state index is 14.0. The molecule has 10 heteroatoms. The minimum absolute atomic E-state index is 0.0594. The number of hydrogen-bond acceptors (Lipinski definition) is 7. The molecule has 1 aromatic heterocycles. The number of carbonyl (C=O) groups is 3. The highest BCUT2D eigenvalue weighted by molar-refractivity contribution is 8.00. The fourth-order valence-corrected chi connectivity index (χ4v) is 7.61. The molecule has 0 bridgehead atoms. The number of aromatic nitrogens is 1. The van der Waals surface area contributed by atoms with Gasteiger partial charge in [0.05, 0.1) is 12.3 Å². The lowest BCUT2D eigenvalue weighted by molar-refractivity contribution is -0.116. The van der Waals surface area contributed by atoms with Crippen LogP contribution in [0.5, 0.6) is 5.75 Å². The molecule has 0 aliphatic carbocycles. The van der Waals surface area contributed by atoms with Crippen molar-refractivity contribution in [2.75, 3.05) is 17.2 Å². The molecule has 7 rings (SSSR count). The average molecular weight is 761 g/mol. The van der Waals surface area contributed by atoms with E-state index < -0.39 is 17.1 Å². The van der Waals surface area contributed by atoms with Gasteiger partial charge in [-0.15, -0.1) is 23.1 Å². The van der Waals surface area contributed by atoms with E-state index in [-0.39, 0.29) is 11.6 Å². The first-order chi connectivity index (χ1) is 26.9. The molecular weight excluding hydrogens is 725 g/mol. The first-order valence-electron chi connectivity index (χ1n) is 17.6. The number of carbonyl (C=O) groups excluding carboxylic acids is 3. The van der Waals surface area contributed by atoms with Crippen LogP contribution in [-0.4, -0.2) is 29.3 Å². The van der Waals surface area contributed by atoms with Crippen molar-refractivity contribution in [2.24, 2.45) is 0 Å². The van der Waals surface area contributed by atoms with Crippen LogP contribution < -0.4 is 20.7 Å². The standard InChI is InChI=1S/C45H36N4O4S2/c1-2-53-37-24-20-30(21-25-37)26-39(47-42(50)33-15-7-4-8-16-33)43(51)46-36-18-11-19-38(28-36)55-41(32-13-5-3-6-14-32)44(52)49-45-48-40(29-54-45)35-23-22-31-12-9-10-17-34(31)27-35/h3-29,41H,2H2,1H3,(H,46,51)(H,47,50)(H,48,49,52)/b39-26+. The van der Waals surface area contributed by atoms with Gasteiger partial charge >= 0.3 is 0 Å². The quantitative estimate of drug-likeness (QED) is 0.0798. The van der Waals surface area contributed by atoms with Gasteiger partial charge in [0.25, 0.3) is 11.8 Å².